The maximum Gasteiger partial charge on any atom is 0.295 e. The van der Waals surface area contributed by atoms with Gasteiger partial charge in [0, 0.05) is 38.4 Å². The van der Waals surface area contributed by atoms with Crippen LogP contribution in [0.15, 0.2) is 42.6 Å². The fourth-order valence-corrected chi connectivity index (χ4v) is 4.47. The van der Waals surface area contributed by atoms with E-state index in [4.69, 9.17) is 4.84 Å². The molecule has 0 saturated carbocycles. The van der Waals surface area contributed by atoms with Gasteiger partial charge in [-0.2, -0.15) is 0 Å². The zero-order valence-electron chi connectivity index (χ0n) is 18.1. The first-order chi connectivity index (χ1) is 15.9. The predicted octanol–water partition coefficient (Wildman–Crippen LogP) is 1.42. The summed E-state index contributed by atoms with van der Waals surface area (Å²) < 4.78 is 0. The van der Waals surface area contributed by atoms with Gasteiger partial charge in [0.2, 0.25) is 0 Å². The average molecular weight is 447 g/mol. The van der Waals surface area contributed by atoms with Crippen molar-refractivity contribution in [2.75, 3.05) is 33.8 Å². The number of fused-ring (bicyclic) bond motifs is 5. The third-order valence-electron chi connectivity index (χ3n) is 6.21. The number of rotatable bonds is 3. The molecular formula is C23H21N5O5. The number of pyridine rings is 1. The molecule has 5 rings (SSSR count). The summed E-state index contributed by atoms with van der Waals surface area (Å²) in [6.45, 7) is 0.765. The summed E-state index contributed by atoms with van der Waals surface area (Å²) in [5, 5.41) is 1.06. The van der Waals surface area contributed by atoms with Gasteiger partial charge in [0.05, 0.1) is 35.5 Å². The standard InChI is InChI=1S/C23H21N5O5/c1-26(33-2)22(31)14-8-9-24-19-16-18(25-17(14)19)15-12-27(10-11-28(15)23(32)20(16)29)21(30)13-6-4-3-5-7-13/h3-9,15,25H,10-12H2,1-2H3/t15-/m0/s1. The van der Waals surface area contributed by atoms with E-state index in [0.29, 0.717) is 23.3 Å². The van der Waals surface area contributed by atoms with Crippen LogP contribution in [0.2, 0.25) is 0 Å². The number of nitrogens with one attached hydrogen (secondary N) is 1. The van der Waals surface area contributed by atoms with Crippen LogP contribution >= 0.6 is 0 Å². The number of aromatic amines is 1. The van der Waals surface area contributed by atoms with Crippen molar-refractivity contribution in [2.24, 2.45) is 0 Å². The molecule has 10 nitrogen and oxygen atoms in total. The lowest BCUT2D eigenvalue weighted by Gasteiger charge is -2.43. The van der Waals surface area contributed by atoms with Crippen molar-refractivity contribution in [3.8, 4) is 0 Å². The smallest absolute Gasteiger partial charge is 0.295 e. The maximum atomic E-state index is 13.0. The number of nitrogens with zero attached hydrogens (tertiary/aromatic N) is 4. The first kappa shape index (κ1) is 20.8. The van der Waals surface area contributed by atoms with Gasteiger partial charge in [-0.05, 0) is 18.2 Å². The minimum atomic E-state index is -0.674. The van der Waals surface area contributed by atoms with E-state index in [0.717, 1.165) is 5.06 Å². The van der Waals surface area contributed by atoms with Gasteiger partial charge in [-0.25, -0.2) is 5.06 Å². The summed E-state index contributed by atoms with van der Waals surface area (Å²) in [6, 6.07) is 9.89. The number of ketones is 1. The molecular weight excluding hydrogens is 426 g/mol. The monoisotopic (exact) mass is 447 g/mol. The normalized spacial score (nSPS) is 17.7. The molecule has 4 heterocycles. The van der Waals surface area contributed by atoms with Crippen molar-refractivity contribution in [1.29, 1.82) is 0 Å². The highest BCUT2D eigenvalue weighted by Gasteiger charge is 2.45. The van der Waals surface area contributed by atoms with E-state index in [2.05, 4.69) is 9.97 Å². The number of carbonyl (C=O) groups is 4. The second-order valence-corrected chi connectivity index (χ2v) is 7.94. The maximum absolute atomic E-state index is 13.0. The first-order valence-corrected chi connectivity index (χ1v) is 10.4. The largest absolute Gasteiger partial charge is 0.354 e. The van der Waals surface area contributed by atoms with Gasteiger partial charge in [0.15, 0.2) is 0 Å². The van der Waals surface area contributed by atoms with E-state index >= 15 is 0 Å². The Morgan fingerprint density at radius 1 is 1.15 bits per heavy atom. The van der Waals surface area contributed by atoms with E-state index in [9.17, 15) is 19.2 Å². The quantitative estimate of drug-likeness (QED) is 0.480. The third-order valence-corrected chi connectivity index (χ3v) is 6.21. The van der Waals surface area contributed by atoms with Gasteiger partial charge < -0.3 is 14.8 Å². The number of H-pyrrole nitrogens is 1. The van der Waals surface area contributed by atoms with Crippen molar-refractivity contribution in [2.45, 2.75) is 6.04 Å². The van der Waals surface area contributed by atoms with Crippen molar-refractivity contribution >= 4 is 34.5 Å². The summed E-state index contributed by atoms with van der Waals surface area (Å²) in [5.74, 6) is -1.88. The van der Waals surface area contributed by atoms with E-state index in [1.165, 1.54) is 31.3 Å². The molecule has 3 amide bonds. The molecule has 168 valence electrons. The van der Waals surface area contributed by atoms with Crippen molar-refractivity contribution < 1.29 is 24.0 Å². The van der Waals surface area contributed by atoms with Gasteiger partial charge in [-0.15, -0.1) is 0 Å². The number of benzene rings is 1. The molecule has 1 atom stereocenters. The van der Waals surface area contributed by atoms with Gasteiger partial charge >= 0.3 is 0 Å². The fourth-order valence-electron chi connectivity index (χ4n) is 4.47. The van der Waals surface area contributed by atoms with Crippen LogP contribution in [0, 0.1) is 0 Å². The molecule has 0 aliphatic carbocycles. The molecule has 10 heteroatoms. The Hall–Kier alpha value is -4.05. The second kappa shape index (κ2) is 7.82. The lowest BCUT2D eigenvalue weighted by Crippen LogP contribution is -2.56. The zero-order chi connectivity index (χ0) is 23.3. The third kappa shape index (κ3) is 3.18. The Morgan fingerprint density at radius 2 is 1.91 bits per heavy atom. The van der Waals surface area contributed by atoms with Crippen LogP contribution in [0.25, 0.3) is 11.0 Å². The number of hydrogen-bond donors (Lipinski definition) is 1. The number of aromatic nitrogens is 2. The topological polar surface area (TPSA) is 116 Å². The Labute approximate surface area is 188 Å². The molecule has 2 aliphatic heterocycles. The Morgan fingerprint density at radius 3 is 2.64 bits per heavy atom. The van der Waals surface area contributed by atoms with E-state index < -0.39 is 23.6 Å². The van der Waals surface area contributed by atoms with Crippen LogP contribution in [0.4, 0.5) is 0 Å². The number of amides is 3. The van der Waals surface area contributed by atoms with Gasteiger partial charge in [-0.1, -0.05) is 18.2 Å². The molecule has 2 aliphatic rings. The highest BCUT2D eigenvalue weighted by atomic mass is 16.7. The lowest BCUT2D eigenvalue weighted by atomic mass is 9.94. The second-order valence-electron chi connectivity index (χ2n) is 7.94. The van der Waals surface area contributed by atoms with Gasteiger partial charge in [-0.3, -0.25) is 29.0 Å². The average Bonchev–Trinajstić information content (AvgIpc) is 3.26. The molecule has 0 unspecified atom stereocenters. The Balaban J connectivity index is 1.59. The van der Waals surface area contributed by atoms with Gasteiger partial charge in [0.25, 0.3) is 23.5 Å². The summed E-state index contributed by atoms with van der Waals surface area (Å²) >= 11 is 0. The fraction of sp³-hybridized carbons (Fsp3) is 0.261. The van der Waals surface area contributed by atoms with Crippen molar-refractivity contribution in [1.82, 2.24) is 24.8 Å². The Bertz CT molecular complexity index is 1300. The summed E-state index contributed by atoms with van der Waals surface area (Å²) in [7, 11) is 2.85. The van der Waals surface area contributed by atoms with Crippen LogP contribution < -0.4 is 0 Å². The minimum Gasteiger partial charge on any atom is -0.354 e. The molecule has 1 saturated heterocycles. The summed E-state index contributed by atoms with van der Waals surface area (Å²) in [4.78, 5) is 67.3. The minimum absolute atomic E-state index is 0.145. The molecule has 3 aromatic rings. The van der Waals surface area contributed by atoms with Crippen LogP contribution in [0.5, 0.6) is 0 Å². The number of hydrogen-bond acceptors (Lipinski definition) is 6. The predicted molar refractivity (Wildman–Crippen MR) is 116 cm³/mol. The molecule has 0 radical (unpaired) electrons. The van der Waals surface area contributed by atoms with Crippen LogP contribution in [0.3, 0.4) is 0 Å². The molecule has 2 aromatic heterocycles. The highest BCUT2D eigenvalue weighted by Crippen LogP contribution is 2.37. The molecule has 1 N–H and O–H groups in total. The van der Waals surface area contributed by atoms with E-state index in [-0.39, 0.29) is 35.6 Å². The molecule has 0 spiro atoms. The molecule has 1 aromatic carbocycles. The van der Waals surface area contributed by atoms with Gasteiger partial charge in [0.1, 0.15) is 5.52 Å². The number of Topliss-reactive ketones (excluding diaryl/α,β-unsaturated/α-hetero) is 1. The van der Waals surface area contributed by atoms with E-state index in [1.807, 2.05) is 6.07 Å². The number of hydroxylamine groups is 2. The molecule has 1 fully saturated rings. The number of piperazine rings is 1. The highest BCUT2D eigenvalue weighted by molar-refractivity contribution is 6.46. The number of carbonyl (C=O) groups excluding carboxylic acids is 4. The van der Waals surface area contributed by atoms with Crippen LogP contribution in [-0.2, 0) is 9.63 Å². The summed E-state index contributed by atoms with van der Waals surface area (Å²) in [6.07, 6.45) is 1.42. The van der Waals surface area contributed by atoms with E-state index in [1.54, 1.807) is 29.2 Å². The van der Waals surface area contributed by atoms with Crippen LogP contribution in [-0.4, -0.2) is 82.1 Å². The summed E-state index contributed by atoms with van der Waals surface area (Å²) in [5.41, 5.74) is 2.06. The zero-order valence-corrected chi connectivity index (χ0v) is 18.1. The van der Waals surface area contributed by atoms with Crippen LogP contribution in [0.1, 0.15) is 42.8 Å². The Kier molecular flexibility index (Phi) is 4.94. The van der Waals surface area contributed by atoms with Crippen molar-refractivity contribution in [3.05, 3.63) is 65.0 Å². The lowest BCUT2D eigenvalue weighted by molar-refractivity contribution is -0.131. The SMILES string of the molecule is CON(C)C(=O)c1ccnc2c3c([nH]c12)[C@@H]1CN(C(=O)c2ccccc2)CCN1C(=O)C3=O. The van der Waals surface area contributed by atoms with Crippen molar-refractivity contribution in [3.63, 3.8) is 0 Å². The molecule has 0 bridgehead atoms. The first-order valence-electron chi connectivity index (χ1n) is 10.4. The molecule has 33 heavy (non-hydrogen) atoms.